The Morgan fingerprint density at radius 1 is 1.00 bits per heavy atom. The van der Waals surface area contributed by atoms with E-state index >= 15 is 0 Å². The van der Waals surface area contributed by atoms with Crippen LogP contribution in [0.3, 0.4) is 0 Å². The molecule has 3 N–H and O–H groups in total. The molecule has 0 aliphatic carbocycles. The van der Waals surface area contributed by atoms with E-state index in [1.165, 1.54) is 33.3 Å². The van der Waals surface area contributed by atoms with Gasteiger partial charge in [-0.25, -0.2) is 4.98 Å². The SMILES string of the molecule is Cc1cc(C)c(-n2c3ccccc3c3c(NCCN)cc(C)nc32)c(C)c1. The van der Waals surface area contributed by atoms with Crippen molar-refractivity contribution in [2.75, 3.05) is 18.4 Å². The van der Waals surface area contributed by atoms with Gasteiger partial charge in [-0.3, -0.25) is 4.57 Å². The second-order valence-electron chi connectivity index (χ2n) is 7.33. The molecule has 0 fully saturated rings. The maximum absolute atomic E-state index is 5.74. The number of rotatable bonds is 4. The predicted octanol–water partition coefficient (Wildman–Crippen LogP) is 4.78. The lowest BCUT2D eigenvalue weighted by atomic mass is 10.0. The number of nitrogens with zero attached hydrogens (tertiary/aromatic N) is 2. The predicted molar refractivity (Wildman–Crippen MR) is 115 cm³/mol. The van der Waals surface area contributed by atoms with Gasteiger partial charge >= 0.3 is 0 Å². The lowest BCUT2D eigenvalue weighted by molar-refractivity contribution is 1.02. The standard InChI is InChI=1S/C23H26N4/c1-14-11-15(2)22(16(3)12-14)27-20-8-6-5-7-18(20)21-19(25-10-9-24)13-17(4)26-23(21)27/h5-8,11-13H,9-10,24H2,1-4H3,(H,25,26). The van der Waals surface area contributed by atoms with Gasteiger partial charge in [0.05, 0.1) is 16.6 Å². The maximum Gasteiger partial charge on any atom is 0.147 e. The van der Waals surface area contributed by atoms with E-state index in [0.29, 0.717) is 6.54 Å². The van der Waals surface area contributed by atoms with Gasteiger partial charge in [-0.15, -0.1) is 0 Å². The van der Waals surface area contributed by atoms with Gasteiger partial charge in [0.25, 0.3) is 0 Å². The lowest BCUT2D eigenvalue weighted by Gasteiger charge is -2.15. The van der Waals surface area contributed by atoms with Crippen LogP contribution < -0.4 is 11.1 Å². The van der Waals surface area contributed by atoms with Crippen LogP contribution in [-0.2, 0) is 0 Å². The Morgan fingerprint density at radius 3 is 2.41 bits per heavy atom. The van der Waals surface area contributed by atoms with Crippen LogP contribution in [0.4, 0.5) is 5.69 Å². The fraction of sp³-hybridized carbons (Fsp3) is 0.261. The summed E-state index contributed by atoms with van der Waals surface area (Å²) >= 11 is 0. The molecule has 0 unspecified atom stereocenters. The van der Waals surface area contributed by atoms with Crippen molar-refractivity contribution in [2.24, 2.45) is 5.73 Å². The van der Waals surface area contributed by atoms with Gasteiger partial charge in [0, 0.05) is 29.9 Å². The van der Waals surface area contributed by atoms with E-state index in [9.17, 15) is 0 Å². The van der Waals surface area contributed by atoms with E-state index in [2.05, 4.69) is 73.1 Å². The van der Waals surface area contributed by atoms with Crippen LogP contribution >= 0.6 is 0 Å². The second-order valence-corrected chi connectivity index (χ2v) is 7.33. The molecule has 4 aromatic rings. The molecule has 0 atom stereocenters. The van der Waals surface area contributed by atoms with Gasteiger partial charge in [0.15, 0.2) is 0 Å². The van der Waals surface area contributed by atoms with E-state index in [1.54, 1.807) is 0 Å². The average molecular weight is 358 g/mol. The molecule has 2 aromatic carbocycles. The molecular formula is C23H26N4. The van der Waals surface area contributed by atoms with Crippen LogP contribution in [0.1, 0.15) is 22.4 Å². The van der Waals surface area contributed by atoms with Crippen molar-refractivity contribution in [1.82, 2.24) is 9.55 Å². The van der Waals surface area contributed by atoms with Gasteiger partial charge in [0.1, 0.15) is 5.65 Å². The van der Waals surface area contributed by atoms with Crippen LogP contribution in [0.5, 0.6) is 0 Å². The highest BCUT2D eigenvalue weighted by atomic mass is 15.1. The Labute approximate surface area is 160 Å². The monoisotopic (exact) mass is 358 g/mol. The van der Waals surface area contributed by atoms with Gasteiger partial charge in [-0.05, 0) is 51.0 Å². The van der Waals surface area contributed by atoms with Crippen LogP contribution in [0, 0.1) is 27.7 Å². The van der Waals surface area contributed by atoms with Gasteiger partial charge < -0.3 is 11.1 Å². The molecule has 0 aliphatic heterocycles. The molecule has 138 valence electrons. The van der Waals surface area contributed by atoms with E-state index in [4.69, 9.17) is 10.7 Å². The van der Waals surface area contributed by atoms with Crippen LogP contribution in [0.2, 0.25) is 0 Å². The summed E-state index contributed by atoms with van der Waals surface area (Å²) in [5, 5.41) is 5.86. The summed E-state index contributed by atoms with van der Waals surface area (Å²) in [6.45, 7) is 9.88. The number of fused-ring (bicyclic) bond motifs is 3. The minimum absolute atomic E-state index is 0.595. The molecule has 2 aromatic heterocycles. The Bertz CT molecular complexity index is 1130. The van der Waals surface area contributed by atoms with E-state index in [1.807, 2.05) is 6.92 Å². The summed E-state index contributed by atoms with van der Waals surface area (Å²) in [6, 6.07) is 15.1. The van der Waals surface area contributed by atoms with E-state index in [0.717, 1.165) is 29.0 Å². The highest BCUT2D eigenvalue weighted by molar-refractivity contribution is 6.13. The average Bonchev–Trinajstić information content (AvgIpc) is 2.93. The first-order valence-corrected chi connectivity index (χ1v) is 9.44. The number of pyridine rings is 1. The molecule has 4 rings (SSSR count). The van der Waals surface area contributed by atoms with Crippen molar-refractivity contribution in [1.29, 1.82) is 0 Å². The number of aromatic nitrogens is 2. The second kappa shape index (κ2) is 6.71. The van der Waals surface area contributed by atoms with Crippen LogP contribution in [0.15, 0.2) is 42.5 Å². The molecule has 0 bridgehead atoms. The number of hydrogen-bond donors (Lipinski definition) is 2. The minimum Gasteiger partial charge on any atom is -0.383 e. The molecule has 4 nitrogen and oxygen atoms in total. The first-order chi connectivity index (χ1) is 13.0. The van der Waals surface area contributed by atoms with Gasteiger partial charge in [-0.2, -0.15) is 0 Å². The topological polar surface area (TPSA) is 55.9 Å². The summed E-state index contributed by atoms with van der Waals surface area (Å²) in [4.78, 5) is 4.95. The zero-order valence-electron chi connectivity index (χ0n) is 16.4. The smallest absolute Gasteiger partial charge is 0.147 e. The Kier molecular flexibility index (Phi) is 4.36. The number of nitrogens with one attached hydrogen (secondary N) is 1. The summed E-state index contributed by atoms with van der Waals surface area (Å²) in [5.41, 5.74) is 15.0. The minimum atomic E-state index is 0.595. The summed E-state index contributed by atoms with van der Waals surface area (Å²) in [5.74, 6) is 0. The number of para-hydroxylation sites is 1. The fourth-order valence-corrected chi connectivity index (χ4v) is 4.18. The zero-order valence-corrected chi connectivity index (χ0v) is 16.4. The van der Waals surface area contributed by atoms with Crippen molar-refractivity contribution in [3.05, 3.63) is 64.8 Å². The Balaban J connectivity index is 2.16. The first-order valence-electron chi connectivity index (χ1n) is 9.44. The van der Waals surface area contributed by atoms with Crippen LogP contribution in [0.25, 0.3) is 27.6 Å². The third-order valence-electron chi connectivity index (χ3n) is 5.07. The molecule has 4 heteroatoms. The molecule has 0 saturated heterocycles. The Morgan fingerprint density at radius 2 is 1.70 bits per heavy atom. The van der Waals surface area contributed by atoms with E-state index < -0.39 is 0 Å². The molecule has 0 spiro atoms. The van der Waals surface area contributed by atoms with Crippen molar-refractivity contribution in [2.45, 2.75) is 27.7 Å². The number of nitrogens with two attached hydrogens (primary N) is 1. The molecule has 0 aliphatic rings. The van der Waals surface area contributed by atoms with Crippen LogP contribution in [-0.4, -0.2) is 22.6 Å². The molecule has 2 heterocycles. The summed E-state index contributed by atoms with van der Waals surface area (Å²) < 4.78 is 2.31. The molecule has 27 heavy (non-hydrogen) atoms. The number of anilines is 1. The summed E-state index contributed by atoms with van der Waals surface area (Å²) in [6.07, 6.45) is 0. The third-order valence-corrected chi connectivity index (χ3v) is 5.07. The largest absolute Gasteiger partial charge is 0.383 e. The Hall–Kier alpha value is -2.85. The van der Waals surface area contributed by atoms with E-state index in [-0.39, 0.29) is 0 Å². The summed E-state index contributed by atoms with van der Waals surface area (Å²) in [7, 11) is 0. The number of benzene rings is 2. The first kappa shape index (κ1) is 17.6. The van der Waals surface area contributed by atoms with Gasteiger partial charge in [0.2, 0.25) is 0 Å². The van der Waals surface area contributed by atoms with Crippen molar-refractivity contribution >= 4 is 27.6 Å². The van der Waals surface area contributed by atoms with Crippen molar-refractivity contribution in [3.63, 3.8) is 0 Å². The fourth-order valence-electron chi connectivity index (χ4n) is 4.18. The molecule has 0 amide bonds. The maximum atomic E-state index is 5.74. The van der Waals surface area contributed by atoms with Crippen molar-refractivity contribution < 1.29 is 0 Å². The third kappa shape index (κ3) is 2.86. The molecule has 0 saturated carbocycles. The highest BCUT2D eigenvalue weighted by Crippen LogP contribution is 2.37. The molecule has 0 radical (unpaired) electrons. The highest BCUT2D eigenvalue weighted by Gasteiger charge is 2.19. The molecular weight excluding hydrogens is 332 g/mol. The normalized spacial score (nSPS) is 11.4. The number of aryl methyl sites for hydroxylation is 4. The van der Waals surface area contributed by atoms with Gasteiger partial charge in [-0.1, -0.05) is 35.9 Å². The van der Waals surface area contributed by atoms with Crippen molar-refractivity contribution in [3.8, 4) is 5.69 Å². The quantitative estimate of drug-likeness (QED) is 0.552. The zero-order chi connectivity index (χ0) is 19.1. The lowest BCUT2D eigenvalue weighted by Crippen LogP contribution is -2.13. The number of hydrogen-bond acceptors (Lipinski definition) is 3.